The van der Waals surface area contributed by atoms with Gasteiger partial charge in [0.2, 0.25) is 0 Å². The van der Waals surface area contributed by atoms with E-state index in [1.165, 1.54) is 6.07 Å². The molecule has 0 amide bonds. The van der Waals surface area contributed by atoms with Crippen LogP contribution in [0, 0.1) is 0 Å². The number of benzene rings is 2. The van der Waals surface area contributed by atoms with Crippen LogP contribution in [0.2, 0.25) is 0 Å². The third kappa shape index (κ3) is 6.97. The smallest absolute Gasteiger partial charge is 0.284 e. The quantitative estimate of drug-likeness (QED) is 0.215. The third-order valence-electron chi connectivity index (χ3n) is 5.78. The van der Waals surface area contributed by atoms with E-state index in [1.54, 1.807) is 6.07 Å². The zero-order valence-electron chi connectivity index (χ0n) is 21.8. The lowest BCUT2D eigenvalue weighted by atomic mass is 9.95. The Hall–Kier alpha value is -3.13. The lowest BCUT2D eigenvalue weighted by Crippen LogP contribution is -2.23. The third-order valence-corrected chi connectivity index (χ3v) is 7.08. The first-order valence-electron chi connectivity index (χ1n) is 12.4. The summed E-state index contributed by atoms with van der Waals surface area (Å²) >= 11 is 0. The Labute approximate surface area is 214 Å². The van der Waals surface area contributed by atoms with Gasteiger partial charge in [0.15, 0.2) is 6.08 Å². The van der Waals surface area contributed by atoms with Crippen molar-refractivity contribution in [3.8, 4) is 11.1 Å². The molecule has 0 saturated heterocycles. The molecule has 3 aromatic rings. The molecule has 1 heterocycles. The molecule has 7 nitrogen and oxygen atoms in total. The van der Waals surface area contributed by atoms with E-state index in [4.69, 9.17) is 4.74 Å². The van der Waals surface area contributed by atoms with Crippen molar-refractivity contribution in [3.63, 3.8) is 0 Å². The molecule has 3 rings (SSSR count). The van der Waals surface area contributed by atoms with Crippen LogP contribution in [0.1, 0.15) is 70.8 Å². The van der Waals surface area contributed by atoms with Gasteiger partial charge in [0.25, 0.3) is 10.0 Å². The van der Waals surface area contributed by atoms with Gasteiger partial charge in [-0.1, -0.05) is 77.8 Å². The van der Waals surface area contributed by atoms with E-state index in [2.05, 4.69) is 41.6 Å². The molecule has 0 radical (unpaired) electrons. The highest BCUT2D eigenvalue weighted by molar-refractivity contribution is 7.90. The van der Waals surface area contributed by atoms with Crippen molar-refractivity contribution in [3.05, 3.63) is 71.8 Å². The van der Waals surface area contributed by atoms with Crippen molar-refractivity contribution in [1.29, 1.82) is 0 Å². The Bertz CT molecular complexity index is 1290. The minimum Gasteiger partial charge on any atom is -0.600 e. The fraction of sp³-hybridized carbons (Fsp3) is 0.429. The normalized spacial score (nSPS) is 12.6. The molecule has 0 N–H and O–H groups in total. The van der Waals surface area contributed by atoms with Gasteiger partial charge in [-0.2, -0.15) is 8.42 Å². The fourth-order valence-corrected chi connectivity index (χ4v) is 5.06. The van der Waals surface area contributed by atoms with E-state index >= 15 is 0 Å². The van der Waals surface area contributed by atoms with Crippen molar-refractivity contribution >= 4 is 16.1 Å². The fourth-order valence-electron chi connectivity index (χ4n) is 4.02. The second kappa shape index (κ2) is 11.7. The zero-order chi connectivity index (χ0) is 26.3. The van der Waals surface area contributed by atoms with Crippen LogP contribution in [0.5, 0.6) is 0 Å². The van der Waals surface area contributed by atoms with Crippen molar-refractivity contribution in [2.75, 3.05) is 6.61 Å². The number of hydrogen-bond acceptors (Lipinski definition) is 5. The maximum atomic E-state index is 13.1. The Morgan fingerprint density at radius 2 is 1.75 bits per heavy atom. The number of unbranched alkanes of at least 4 members (excludes halogenated alkanes) is 1. The SMILES string of the molecule is CCCCO/C([O-])=N/S(=O)(=O)c1ccc(CCC)cc1-c1ccc(Cn2ccnc2C(C)(C)C)cc1. The van der Waals surface area contributed by atoms with Gasteiger partial charge in [-0.3, -0.25) is 0 Å². The first-order chi connectivity index (χ1) is 17.0. The molecule has 0 saturated carbocycles. The summed E-state index contributed by atoms with van der Waals surface area (Å²) in [6.07, 6.45) is 5.92. The summed E-state index contributed by atoms with van der Waals surface area (Å²) in [6, 6.07) is 13.0. The minimum absolute atomic E-state index is 0.00725. The monoisotopic (exact) mass is 510 g/mol. The zero-order valence-corrected chi connectivity index (χ0v) is 22.6. The Kier molecular flexibility index (Phi) is 8.95. The van der Waals surface area contributed by atoms with Crippen molar-refractivity contribution in [2.45, 2.75) is 77.2 Å². The maximum absolute atomic E-state index is 13.1. The van der Waals surface area contributed by atoms with E-state index in [-0.39, 0.29) is 16.9 Å². The van der Waals surface area contributed by atoms with Crippen LogP contribution in [-0.4, -0.2) is 30.7 Å². The largest absolute Gasteiger partial charge is 0.600 e. The van der Waals surface area contributed by atoms with Crippen LogP contribution in [0.15, 0.2) is 64.2 Å². The number of rotatable bonds is 10. The lowest BCUT2D eigenvalue weighted by Gasteiger charge is -2.20. The summed E-state index contributed by atoms with van der Waals surface area (Å²) in [7, 11) is -4.24. The highest BCUT2D eigenvalue weighted by Gasteiger charge is 2.21. The standard InChI is InChI=1S/C28H37N3O4S/c1-6-8-18-35-27(32)30-36(33,34)25-15-12-21(9-7-2)19-24(25)23-13-10-22(11-14-23)20-31-17-16-29-26(31)28(3,4)5/h10-17,19H,6-9,18,20H2,1-5H3,(H,30,32)/p-1. The molecule has 0 bridgehead atoms. The van der Waals surface area contributed by atoms with E-state index < -0.39 is 16.1 Å². The summed E-state index contributed by atoms with van der Waals surface area (Å²) in [6.45, 7) is 11.2. The van der Waals surface area contributed by atoms with Gasteiger partial charge in [-0.15, -0.1) is 4.40 Å². The number of ether oxygens (including phenoxy) is 1. The van der Waals surface area contributed by atoms with Crippen LogP contribution in [0.3, 0.4) is 0 Å². The number of imidazole rings is 1. The highest BCUT2D eigenvalue weighted by Crippen LogP contribution is 2.31. The van der Waals surface area contributed by atoms with Gasteiger partial charge in [-0.25, -0.2) is 4.98 Å². The number of hydrogen-bond donors (Lipinski definition) is 0. The molecule has 194 valence electrons. The molecular weight excluding hydrogens is 474 g/mol. The predicted octanol–water partition coefficient (Wildman–Crippen LogP) is 5.07. The summed E-state index contributed by atoms with van der Waals surface area (Å²) in [4.78, 5) is 4.50. The average Bonchev–Trinajstić information content (AvgIpc) is 3.28. The molecule has 8 heteroatoms. The highest BCUT2D eigenvalue weighted by atomic mass is 32.2. The molecule has 36 heavy (non-hydrogen) atoms. The molecule has 0 unspecified atom stereocenters. The molecule has 0 spiro atoms. The second-order valence-electron chi connectivity index (χ2n) is 9.94. The Balaban J connectivity index is 1.95. The van der Waals surface area contributed by atoms with Gasteiger partial charge in [0.05, 0.1) is 4.90 Å². The molecule has 0 aliphatic carbocycles. The number of nitrogens with zero attached hydrogens (tertiary/aromatic N) is 3. The lowest BCUT2D eigenvalue weighted by molar-refractivity contribution is -0.249. The first-order valence-corrected chi connectivity index (χ1v) is 13.9. The second-order valence-corrected chi connectivity index (χ2v) is 11.5. The van der Waals surface area contributed by atoms with Crippen LogP contribution >= 0.6 is 0 Å². The molecule has 0 aliphatic rings. The molecule has 0 fully saturated rings. The maximum Gasteiger partial charge on any atom is 0.284 e. The Morgan fingerprint density at radius 1 is 1.06 bits per heavy atom. The summed E-state index contributed by atoms with van der Waals surface area (Å²) in [5, 5.41) is 12.0. The van der Waals surface area contributed by atoms with Crippen LogP contribution in [-0.2, 0) is 33.1 Å². The van der Waals surface area contributed by atoms with Crippen molar-refractivity contribution < 1.29 is 18.3 Å². The summed E-state index contributed by atoms with van der Waals surface area (Å²) < 4.78 is 36.6. The topological polar surface area (TPSA) is 96.6 Å². The van der Waals surface area contributed by atoms with E-state index in [9.17, 15) is 13.5 Å². The predicted molar refractivity (Wildman–Crippen MR) is 141 cm³/mol. The molecule has 0 aliphatic heterocycles. The number of aromatic nitrogens is 2. The van der Waals surface area contributed by atoms with E-state index in [0.29, 0.717) is 18.5 Å². The molecule has 2 aromatic carbocycles. The summed E-state index contributed by atoms with van der Waals surface area (Å²) in [5.74, 6) is 1.000. The number of aryl methyl sites for hydroxylation is 1. The first kappa shape index (κ1) is 27.5. The minimum atomic E-state index is -4.24. The van der Waals surface area contributed by atoms with Gasteiger partial charge >= 0.3 is 0 Å². The van der Waals surface area contributed by atoms with Crippen LogP contribution in [0.25, 0.3) is 11.1 Å². The van der Waals surface area contributed by atoms with Gasteiger partial charge < -0.3 is 14.4 Å². The van der Waals surface area contributed by atoms with Crippen molar-refractivity contribution in [2.24, 2.45) is 4.40 Å². The van der Waals surface area contributed by atoms with Crippen LogP contribution < -0.4 is 5.11 Å². The Morgan fingerprint density at radius 3 is 2.39 bits per heavy atom. The van der Waals surface area contributed by atoms with Gasteiger partial charge in [-0.05, 0) is 48.3 Å². The van der Waals surface area contributed by atoms with Crippen molar-refractivity contribution in [1.82, 2.24) is 9.55 Å². The molecule has 1 aromatic heterocycles. The summed E-state index contributed by atoms with van der Waals surface area (Å²) in [5.41, 5.74) is 3.28. The molecular formula is C28H36N3O4S-. The average molecular weight is 511 g/mol. The van der Waals surface area contributed by atoms with Gasteiger partial charge in [0.1, 0.15) is 5.82 Å². The number of sulfonamides is 1. The van der Waals surface area contributed by atoms with Crippen LogP contribution in [0.4, 0.5) is 0 Å². The van der Waals surface area contributed by atoms with E-state index in [0.717, 1.165) is 41.8 Å². The molecule has 0 atom stereocenters. The van der Waals surface area contributed by atoms with E-state index in [1.807, 2.05) is 49.6 Å². The van der Waals surface area contributed by atoms with Gasteiger partial charge in [0, 0.05) is 29.9 Å².